The summed E-state index contributed by atoms with van der Waals surface area (Å²) in [6, 6.07) is 13.9. The van der Waals surface area contributed by atoms with E-state index in [1.807, 2.05) is 13.0 Å². The van der Waals surface area contributed by atoms with E-state index < -0.39 is 31.4 Å². The summed E-state index contributed by atoms with van der Waals surface area (Å²) in [6.45, 7) is -6.27. The highest BCUT2D eigenvalue weighted by Crippen LogP contribution is 2.52. The molecule has 0 amide bonds. The fraction of sp³-hybridized carbons (Fsp3) is 0.348. The summed E-state index contributed by atoms with van der Waals surface area (Å²) in [7, 11) is 1.70. The van der Waals surface area contributed by atoms with E-state index >= 15 is 0 Å². The molecule has 0 bridgehead atoms. The Labute approximate surface area is 163 Å². The van der Waals surface area contributed by atoms with Crippen molar-refractivity contribution >= 4 is 0 Å². The Kier molecular flexibility index (Phi) is 1.80. The lowest BCUT2D eigenvalue weighted by Crippen LogP contribution is -2.51. The van der Waals surface area contributed by atoms with Gasteiger partial charge in [-0.3, -0.25) is 0 Å². The minimum absolute atomic E-state index is 0.0402. The number of hydrogen-bond donors (Lipinski definition) is 0. The van der Waals surface area contributed by atoms with Crippen molar-refractivity contribution < 1.29 is 17.0 Å². The van der Waals surface area contributed by atoms with Crippen molar-refractivity contribution in [3.63, 3.8) is 0 Å². The largest absolute Gasteiger partial charge is 0.203 e. The molecule has 0 saturated heterocycles. The molecule has 2 nitrogen and oxygen atoms in total. The number of nitrogens with zero attached hydrogens (tertiary/aromatic N) is 2. The lowest BCUT2D eigenvalue weighted by molar-refractivity contribution is -0.745. The van der Waals surface area contributed by atoms with Crippen LogP contribution in [0.4, 0.5) is 0 Å². The maximum absolute atomic E-state index is 8.66. The van der Waals surface area contributed by atoms with Crippen LogP contribution in [0.2, 0.25) is 0 Å². The molecular weight excluding hydrogens is 304 g/mol. The third-order valence-corrected chi connectivity index (χ3v) is 5.28. The number of hydrogen-bond acceptors (Lipinski definition) is 0. The molecule has 4 rings (SSSR count). The van der Waals surface area contributed by atoms with E-state index in [-0.39, 0.29) is 11.3 Å². The van der Waals surface area contributed by atoms with Gasteiger partial charge in [-0.1, -0.05) is 76.0 Å². The van der Waals surface area contributed by atoms with Crippen LogP contribution in [0.1, 0.15) is 56.6 Å². The highest BCUT2D eigenvalue weighted by molar-refractivity contribution is 5.70. The highest BCUT2D eigenvalue weighted by atomic mass is 15.4. The van der Waals surface area contributed by atoms with Gasteiger partial charge < -0.3 is 0 Å². The number of rotatable bonds is 1. The second kappa shape index (κ2) is 5.08. The number of aromatic nitrogens is 2. The number of aryl methyl sites for hydroxylation is 2. The molecule has 0 aliphatic carbocycles. The predicted molar refractivity (Wildman–Crippen MR) is 103 cm³/mol. The number of benzene rings is 2. The smallest absolute Gasteiger partial charge is 0.124 e. The zero-order valence-electron chi connectivity index (χ0n) is 23.6. The van der Waals surface area contributed by atoms with Crippen LogP contribution in [0.25, 0.3) is 16.8 Å². The first kappa shape index (κ1) is 8.84. The van der Waals surface area contributed by atoms with Crippen LogP contribution in [0.5, 0.6) is 0 Å². The quantitative estimate of drug-likeness (QED) is 0.560. The average molecular weight is 341 g/mol. The van der Waals surface area contributed by atoms with E-state index in [1.165, 1.54) is 6.92 Å². The van der Waals surface area contributed by atoms with Gasteiger partial charge in [-0.2, -0.15) is 0 Å². The Hall–Kier alpha value is -2.35. The van der Waals surface area contributed by atoms with E-state index in [0.717, 1.165) is 0 Å². The van der Waals surface area contributed by atoms with Gasteiger partial charge in [-0.15, -0.1) is 9.36 Å². The molecule has 0 N–H and O–H groups in total. The standard InChI is InChI=1S/C23H27N2/c1-16-11-10-14-19-20(16)25-21(23(4,5)22(19,2)3)18(15-24(25)6)17-12-8-7-9-13-17/h7-15H,1-6H3/q+1/i2D3,4D3,5D3. The van der Waals surface area contributed by atoms with Crippen molar-refractivity contribution in [2.45, 2.75) is 45.2 Å². The van der Waals surface area contributed by atoms with Gasteiger partial charge in [0.05, 0.1) is 5.56 Å². The molecule has 2 aromatic carbocycles. The maximum Gasteiger partial charge on any atom is 0.203 e. The van der Waals surface area contributed by atoms with Gasteiger partial charge in [-0.25, -0.2) is 0 Å². The Morgan fingerprint density at radius 3 is 2.36 bits per heavy atom. The summed E-state index contributed by atoms with van der Waals surface area (Å²) in [5, 5.41) is 0. The van der Waals surface area contributed by atoms with Crippen LogP contribution in [-0.2, 0) is 17.9 Å². The molecule has 0 spiro atoms. The Bertz CT molecular complexity index is 1240. The highest BCUT2D eigenvalue weighted by Gasteiger charge is 2.51. The van der Waals surface area contributed by atoms with Crippen molar-refractivity contribution in [3.8, 4) is 16.8 Å². The summed E-state index contributed by atoms with van der Waals surface area (Å²) in [6.07, 6.45) is 1.68. The van der Waals surface area contributed by atoms with Gasteiger partial charge in [0.25, 0.3) is 0 Å². The molecule has 2 heterocycles. The molecule has 3 aromatic rings. The molecule has 1 unspecified atom stereocenters. The van der Waals surface area contributed by atoms with Gasteiger partial charge in [0.2, 0.25) is 6.20 Å². The monoisotopic (exact) mass is 340 g/mol. The summed E-state index contributed by atoms with van der Waals surface area (Å²) >= 11 is 0. The van der Waals surface area contributed by atoms with E-state index in [0.29, 0.717) is 22.4 Å². The fourth-order valence-electron chi connectivity index (χ4n) is 3.82. The molecule has 1 aliphatic rings. The zero-order chi connectivity index (χ0) is 25.5. The van der Waals surface area contributed by atoms with Gasteiger partial charge in [0.1, 0.15) is 11.4 Å². The van der Waals surface area contributed by atoms with Crippen molar-refractivity contribution in [3.05, 3.63) is 71.5 Å². The lowest BCUT2D eigenvalue weighted by Gasteiger charge is -2.46. The van der Waals surface area contributed by atoms with Crippen molar-refractivity contribution in [2.24, 2.45) is 7.05 Å². The van der Waals surface area contributed by atoms with Crippen molar-refractivity contribution in [2.75, 3.05) is 0 Å². The Morgan fingerprint density at radius 1 is 0.960 bits per heavy atom. The van der Waals surface area contributed by atoms with E-state index in [1.54, 1.807) is 65.1 Å². The topological polar surface area (TPSA) is 8.81 Å². The zero-order valence-corrected chi connectivity index (χ0v) is 14.6. The Balaban J connectivity index is 2.39. The summed E-state index contributed by atoms with van der Waals surface area (Å²) in [4.78, 5) is 0. The van der Waals surface area contributed by atoms with Crippen LogP contribution in [-0.4, -0.2) is 4.68 Å². The minimum atomic E-state index is -3.20. The molecule has 0 saturated carbocycles. The van der Waals surface area contributed by atoms with Gasteiger partial charge >= 0.3 is 0 Å². The SMILES string of the molecule is [2H]C([2H])([2H])C1(C)c2cccc(C)c2-n2c(c(-c3ccccc3)c[n+]2C)C1(C([2H])([2H])[2H])C([2H])([2H])[2H]. The first-order valence-corrected chi connectivity index (χ1v) is 8.30. The molecule has 0 fully saturated rings. The van der Waals surface area contributed by atoms with Crippen molar-refractivity contribution in [1.29, 1.82) is 0 Å². The van der Waals surface area contributed by atoms with Crippen LogP contribution >= 0.6 is 0 Å². The Morgan fingerprint density at radius 2 is 1.68 bits per heavy atom. The first-order chi connectivity index (χ1) is 15.5. The second-order valence-electron chi connectivity index (χ2n) is 6.99. The van der Waals surface area contributed by atoms with E-state index in [2.05, 4.69) is 0 Å². The van der Waals surface area contributed by atoms with E-state index in [4.69, 9.17) is 12.3 Å². The molecule has 25 heavy (non-hydrogen) atoms. The normalized spacial score (nSPS) is 27.7. The van der Waals surface area contributed by atoms with Gasteiger partial charge in [0.15, 0.2) is 7.05 Å². The first-order valence-electron chi connectivity index (χ1n) is 12.8. The molecule has 2 heteroatoms. The van der Waals surface area contributed by atoms with E-state index in [9.17, 15) is 0 Å². The fourth-order valence-corrected chi connectivity index (χ4v) is 3.82. The summed E-state index contributed by atoms with van der Waals surface area (Å²) < 4.78 is 80.9. The van der Waals surface area contributed by atoms with Crippen LogP contribution in [0, 0.1) is 6.92 Å². The number of fused-ring (bicyclic) bond motifs is 3. The molecule has 1 aliphatic heterocycles. The second-order valence-corrected chi connectivity index (χ2v) is 6.99. The summed E-state index contributed by atoms with van der Waals surface area (Å²) in [5.74, 6) is 0. The van der Waals surface area contributed by atoms with Crippen LogP contribution in [0.15, 0.2) is 54.7 Å². The molecular formula is C23H27N2+. The maximum atomic E-state index is 8.66. The third-order valence-electron chi connectivity index (χ3n) is 5.28. The lowest BCUT2D eigenvalue weighted by atomic mass is 9.59. The molecule has 0 radical (unpaired) electrons. The average Bonchev–Trinajstić information content (AvgIpc) is 3.03. The summed E-state index contributed by atoms with van der Waals surface area (Å²) in [5.41, 5.74) is -2.68. The van der Waals surface area contributed by atoms with Gasteiger partial charge in [0, 0.05) is 23.2 Å². The molecule has 128 valence electrons. The molecule has 1 atom stereocenters. The molecule has 1 aromatic heterocycles. The van der Waals surface area contributed by atoms with Crippen molar-refractivity contribution in [1.82, 2.24) is 4.68 Å². The van der Waals surface area contributed by atoms with Gasteiger partial charge in [-0.05, 0) is 23.6 Å². The minimum Gasteiger partial charge on any atom is -0.124 e. The van der Waals surface area contributed by atoms with Crippen LogP contribution < -0.4 is 4.68 Å². The predicted octanol–water partition coefficient (Wildman–Crippen LogP) is 4.85. The van der Waals surface area contributed by atoms with Crippen LogP contribution in [0.3, 0.4) is 0 Å². The third kappa shape index (κ3) is 2.00. The number of para-hydroxylation sites is 1.